The number of nitrogens with zero attached hydrogens (tertiary/aromatic N) is 2. The van der Waals surface area contributed by atoms with Crippen molar-refractivity contribution in [3.8, 4) is 5.75 Å². The Bertz CT molecular complexity index is 913. The Kier molecular flexibility index (Phi) is 5.68. The number of carbonyl (C=O) groups excluding carboxylic acids is 1. The summed E-state index contributed by atoms with van der Waals surface area (Å²) in [5, 5.41) is 2.80. The van der Waals surface area contributed by atoms with Gasteiger partial charge in [-0.05, 0) is 24.3 Å². The molecule has 0 fully saturated rings. The normalized spacial score (nSPS) is 11.8. The van der Waals surface area contributed by atoms with Gasteiger partial charge in [0.2, 0.25) is 0 Å². The maximum absolute atomic E-state index is 14.3. The molecule has 5 nitrogen and oxygen atoms in total. The average molecular weight is 418 g/mol. The molecule has 0 saturated carbocycles. The minimum atomic E-state index is -0.713. The van der Waals surface area contributed by atoms with Crippen LogP contribution in [0.25, 0.3) is 0 Å². The van der Waals surface area contributed by atoms with Crippen molar-refractivity contribution < 1.29 is 13.9 Å². The zero-order chi connectivity index (χ0) is 18.5. The highest BCUT2D eigenvalue weighted by Gasteiger charge is 2.23. The van der Waals surface area contributed by atoms with Crippen LogP contribution in [0.5, 0.6) is 5.75 Å². The lowest BCUT2D eigenvalue weighted by Crippen LogP contribution is -2.35. The van der Waals surface area contributed by atoms with Crippen molar-refractivity contribution in [2.24, 2.45) is 7.05 Å². The molecule has 1 aromatic heterocycles. The molecule has 1 unspecified atom stereocenters. The van der Waals surface area contributed by atoms with E-state index in [1.54, 1.807) is 54.3 Å². The van der Waals surface area contributed by atoms with E-state index < -0.39 is 11.9 Å². The number of benzene rings is 2. The van der Waals surface area contributed by atoms with Gasteiger partial charge in [0, 0.05) is 29.5 Å². The Morgan fingerprint density at radius 2 is 2.12 bits per heavy atom. The zero-order valence-electron chi connectivity index (χ0n) is 14.0. The van der Waals surface area contributed by atoms with Gasteiger partial charge in [0.15, 0.2) is 6.61 Å². The highest BCUT2D eigenvalue weighted by molar-refractivity contribution is 9.10. The molecular formula is C19H17BrFN3O2. The van der Waals surface area contributed by atoms with Gasteiger partial charge in [-0.25, -0.2) is 9.37 Å². The summed E-state index contributed by atoms with van der Waals surface area (Å²) < 4.78 is 22.4. The van der Waals surface area contributed by atoms with Crippen molar-refractivity contribution in [2.75, 3.05) is 6.61 Å². The fraction of sp³-hybridized carbons (Fsp3) is 0.158. The molecule has 1 N–H and O–H groups in total. The van der Waals surface area contributed by atoms with Gasteiger partial charge in [-0.3, -0.25) is 4.79 Å². The molecule has 1 atom stereocenters. The van der Waals surface area contributed by atoms with Gasteiger partial charge in [0.05, 0.1) is 0 Å². The van der Waals surface area contributed by atoms with Crippen LogP contribution in [-0.4, -0.2) is 22.1 Å². The third kappa shape index (κ3) is 4.29. The van der Waals surface area contributed by atoms with E-state index >= 15 is 0 Å². The van der Waals surface area contributed by atoms with E-state index in [1.165, 1.54) is 6.07 Å². The van der Waals surface area contributed by atoms with Gasteiger partial charge in [0.25, 0.3) is 5.91 Å². The number of ether oxygens (including phenoxy) is 1. The molecule has 0 aliphatic carbocycles. The second-order valence-corrected chi connectivity index (χ2v) is 6.58. The molecule has 1 heterocycles. The Balaban J connectivity index is 1.77. The molecule has 0 aliphatic rings. The Labute approximate surface area is 159 Å². The van der Waals surface area contributed by atoms with Crippen LogP contribution >= 0.6 is 15.9 Å². The number of hydrogen-bond acceptors (Lipinski definition) is 3. The Morgan fingerprint density at radius 3 is 2.81 bits per heavy atom. The summed E-state index contributed by atoms with van der Waals surface area (Å²) in [6, 6.07) is 12.8. The molecule has 7 heteroatoms. The summed E-state index contributed by atoms with van der Waals surface area (Å²) in [5.41, 5.74) is 0.345. The van der Waals surface area contributed by atoms with Gasteiger partial charge in [-0.2, -0.15) is 0 Å². The third-order valence-corrected chi connectivity index (χ3v) is 4.30. The minimum absolute atomic E-state index is 0.189. The number of amides is 1. The average Bonchev–Trinajstić information content (AvgIpc) is 3.04. The van der Waals surface area contributed by atoms with Crippen LogP contribution in [0.2, 0.25) is 0 Å². The monoisotopic (exact) mass is 417 g/mol. The molecule has 0 spiro atoms. The van der Waals surface area contributed by atoms with Crippen LogP contribution in [0.3, 0.4) is 0 Å². The first-order valence-corrected chi connectivity index (χ1v) is 8.73. The van der Waals surface area contributed by atoms with Crippen molar-refractivity contribution >= 4 is 21.8 Å². The van der Waals surface area contributed by atoms with E-state index in [0.29, 0.717) is 17.1 Å². The molecular weight excluding hydrogens is 401 g/mol. The topological polar surface area (TPSA) is 56.2 Å². The van der Waals surface area contributed by atoms with E-state index in [0.717, 1.165) is 4.47 Å². The predicted octanol–water partition coefficient (Wildman–Crippen LogP) is 3.61. The highest BCUT2D eigenvalue weighted by atomic mass is 79.9. The van der Waals surface area contributed by atoms with Crippen molar-refractivity contribution in [1.82, 2.24) is 14.9 Å². The Hall–Kier alpha value is -2.67. The van der Waals surface area contributed by atoms with Crippen molar-refractivity contribution in [3.05, 3.63) is 82.6 Å². The summed E-state index contributed by atoms with van der Waals surface area (Å²) >= 11 is 3.35. The van der Waals surface area contributed by atoms with Crippen LogP contribution in [0.4, 0.5) is 4.39 Å². The van der Waals surface area contributed by atoms with E-state index in [2.05, 4.69) is 26.2 Å². The second-order valence-electron chi connectivity index (χ2n) is 5.66. The second kappa shape index (κ2) is 8.14. The summed E-state index contributed by atoms with van der Waals surface area (Å²) in [5.74, 6) is 0.315. The lowest BCUT2D eigenvalue weighted by molar-refractivity contribution is -0.123. The quantitative estimate of drug-likeness (QED) is 0.666. The van der Waals surface area contributed by atoms with Crippen molar-refractivity contribution in [2.45, 2.75) is 6.04 Å². The number of aryl methyl sites for hydroxylation is 1. The first-order valence-electron chi connectivity index (χ1n) is 7.94. The lowest BCUT2D eigenvalue weighted by Gasteiger charge is -2.20. The van der Waals surface area contributed by atoms with Gasteiger partial charge >= 0.3 is 0 Å². The fourth-order valence-electron chi connectivity index (χ4n) is 2.55. The summed E-state index contributed by atoms with van der Waals surface area (Å²) in [6.07, 6.45) is 3.35. The van der Waals surface area contributed by atoms with E-state index in [4.69, 9.17) is 4.74 Å². The minimum Gasteiger partial charge on any atom is -0.484 e. The molecule has 3 rings (SSSR count). The van der Waals surface area contributed by atoms with Crippen LogP contribution in [0, 0.1) is 5.82 Å². The largest absolute Gasteiger partial charge is 0.484 e. The van der Waals surface area contributed by atoms with Crippen LogP contribution < -0.4 is 10.1 Å². The molecule has 134 valence electrons. The van der Waals surface area contributed by atoms with Gasteiger partial charge in [0.1, 0.15) is 23.4 Å². The van der Waals surface area contributed by atoms with Gasteiger partial charge in [-0.1, -0.05) is 40.2 Å². The number of hydrogen-bond donors (Lipinski definition) is 1. The van der Waals surface area contributed by atoms with Crippen LogP contribution in [0.15, 0.2) is 65.4 Å². The molecule has 2 aromatic carbocycles. The number of imidazole rings is 1. The van der Waals surface area contributed by atoms with Crippen LogP contribution in [-0.2, 0) is 11.8 Å². The fourth-order valence-corrected chi connectivity index (χ4v) is 2.93. The molecule has 1 amide bonds. The number of rotatable bonds is 6. The van der Waals surface area contributed by atoms with Crippen molar-refractivity contribution in [3.63, 3.8) is 0 Å². The smallest absolute Gasteiger partial charge is 0.258 e. The SMILES string of the molecule is Cn1ccnc1C(NC(=O)COc1cccc(Br)c1)c1ccccc1F. The molecule has 26 heavy (non-hydrogen) atoms. The summed E-state index contributed by atoms with van der Waals surface area (Å²) in [7, 11) is 1.79. The summed E-state index contributed by atoms with van der Waals surface area (Å²) in [4.78, 5) is 16.6. The maximum Gasteiger partial charge on any atom is 0.258 e. The first kappa shape index (κ1) is 18.1. The number of halogens is 2. The molecule has 0 saturated heterocycles. The third-order valence-electron chi connectivity index (χ3n) is 3.80. The van der Waals surface area contributed by atoms with E-state index in [1.807, 2.05) is 12.1 Å². The van der Waals surface area contributed by atoms with Crippen LogP contribution in [0.1, 0.15) is 17.4 Å². The highest BCUT2D eigenvalue weighted by Crippen LogP contribution is 2.23. The first-order chi connectivity index (χ1) is 12.5. The standard InChI is InChI=1S/C19H17BrFN3O2/c1-24-10-9-22-19(24)18(15-7-2-3-8-16(15)21)23-17(25)12-26-14-6-4-5-13(20)11-14/h2-11,18H,12H2,1H3,(H,23,25). The van der Waals surface area contributed by atoms with Gasteiger partial charge in [-0.15, -0.1) is 0 Å². The number of carbonyl (C=O) groups is 1. The number of aromatic nitrogens is 2. The number of nitrogens with one attached hydrogen (secondary N) is 1. The maximum atomic E-state index is 14.3. The predicted molar refractivity (Wildman–Crippen MR) is 99.2 cm³/mol. The molecule has 0 aliphatic heterocycles. The zero-order valence-corrected chi connectivity index (χ0v) is 15.6. The van der Waals surface area contributed by atoms with E-state index in [9.17, 15) is 9.18 Å². The molecule has 0 radical (unpaired) electrons. The summed E-state index contributed by atoms with van der Waals surface area (Å²) in [6.45, 7) is -0.189. The van der Waals surface area contributed by atoms with Gasteiger partial charge < -0.3 is 14.6 Å². The molecule has 3 aromatic rings. The Morgan fingerprint density at radius 1 is 1.31 bits per heavy atom. The van der Waals surface area contributed by atoms with E-state index in [-0.39, 0.29) is 12.5 Å². The molecule has 0 bridgehead atoms. The lowest BCUT2D eigenvalue weighted by atomic mass is 10.1. The van der Waals surface area contributed by atoms with Crippen molar-refractivity contribution in [1.29, 1.82) is 0 Å².